The maximum absolute atomic E-state index is 5.47. The molecule has 1 rings (SSSR count). The first-order valence-electron chi connectivity index (χ1n) is 4.81. The van der Waals surface area contributed by atoms with Crippen molar-refractivity contribution in [3.63, 3.8) is 0 Å². The van der Waals surface area contributed by atoms with E-state index in [9.17, 15) is 0 Å². The second kappa shape index (κ2) is 5.37. The molecule has 0 atom stereocenters. The molecule has 0 saturated carbocycles. The lowest BCUT2D eigenvalue weighted by Gasteiger charge is -2.15. The molecule has 0 heterocycles. The van der Waals surface area contributed by atoms with E-state index < -0.39 is 0 Å². The number of rotatable bonds is 4. The molecule has 1 aromatic rings. The molecule has 0 aliphatic heterocycles. The zero-order valence-corrected chi connectivity index (χ0v) is 10.3. The molecule has 78 valence electrons. The van der Waals surface area contributed by atoms with E-state index in [0.717, 1.165) is 23.9 Å². The third kappa shape index (κ3) is 3.00. The standard InChI is InChI=1S/C11H17BrN2/c1-14(2)11-6-5-9(4-3-7-13)8-10(11)12/h5-6,8H,3-4,7,13H2,1-2H3. The van der Waals surface area contributed by atoms with Gasteiger partial charge in [0.1, 0.15) is 0 Å². The van der Waals surface area contributed by atoms with Gasteiger partial charge in [-0.1, -0.05) is 6.07 Å². The smallest absolute Gasteiger partial charge is 0.0505 e. The first-order chi connectivity index (χ1) is 6.65. The fraction of sp³-hybridized carbons (Fsp3) is 0.455. The van der Waals surface area contributed by atoms with Gasteiger partial charge in [0.15, 0.2) is 0 Å². The Kier molecular flexibility index (Phi) is 4.42. The molecular weight excluding hydrogens is 240 g/mol. The van der Waals surface area contributed by atoms with E-state index in [1.807, 2.05) is 14.1 Å². The van der Waals surface area contributed by atoms with Crippen LogP contribution in [-0.4, -0.2) is 20.6 Å². The lowest BCUT2D eigenvalue weighted by Crippen LogP contribution is -2.09. The quantitative estimate of drug-likeness (QED) is 0.897. The summed E-state index contributed by atoms with van der Waals surface area (Å²) in [5.41, 5.74) is 8.02. The minimum Gasteiger partial charge on any atom is -0.377 e. The SMILES string of the molecule is CN(C)c1ccc(CCCN)cc1Br. The summed E-state index contributed by atoms with van der Waals surface area (Å²) in [7, 11) is 4.08. The van der Waals surface area contributed by atoms with Crippen LogP contribution in [0, 0.1) is 0 Å². The Balaban J connectivity index is 2.78. The van der Waals surface area contributed by atoms with Gasteiger partial charge in [0.05, 0.1) is 5.69 Å². The third-order valence-corrected chi connectivity index (χ3v) is 2.80. The van der Waals surface area contributed by atoms with Gasteiger partial charge in [0.2, 0.25) is 0 Å². The van der Waals surface area contributed by atoms with Gasteiger partial charge in [-0.25, -0.2) is 0 Å². The van der Waals surface area contributed by atoms with E-state index >= 15 is 0 Å². The summed E-state index contributed by atoms with van der Waals surface area (Å²) in [6, 6.07) is 6.47. The molecule has 2 N–H and O–H groups in total. The molecule has 0 fully saturated rings. The van der Waals surface area contributed by atoms with Gasteiger partial charge in [-0.3, -0.25) is 0 Å². The second-order valence-electron chi connectivity index (χ2n) is 3.57. The summed E-state index contributed by atoms with van der Waals surface area (Å²) in [6.07, 6.45) is 2.11. The predicted octanol–water partition coefficient (Wildman–Crippen LogP) is 2.41. The summed E-state index contributed by atoms with van der Waals surface area (Å²) in [6.45, 7) is 0.757. The van der Waals surface area contributed by atoms with Gasteiger partial charge in [-0.2, -0.15) is 0 Å². The van der Waals surface area contributed by atoms with Crippen molar-refractivity contribution in [3.05, 3.63) is 28.2 Å². The highest BCUT2D eigenvalue weighted by Gasteiger charge is 2.02. The summed E-state index contributed by atoms with van der Waals surface area (Å²) in [4.78, 5) is 2.09. The zero-order valence-electron chi connectivity index (χ0n) is 8.76. The van der Waals surface area contributed by atoms with Gasteiger partial charge in [-0.15, -0.1) is 0 Å². The van der Waals surface area contributed by atoms with Gasteiger partial charge in [-0.05, 0) is 53.0 Å². The van der Waals surface area contributed by atoms with Gasteiger partial charge >= 0.3 is 0 Å². The van der Waals surface area contributed by atoms with E-state index in [2.05, 4.69) is 39.0 Å². The van der Waals surface area contributed by atoms with E-state index in [1.165, 1.54) is 11.3 Å². The van der Waals surface area contributed by atoms with Crippen molar-refractivity contribution in [1.82, 2.24) is 0 Å². The average Bonchev–Trinajstić information content (AvgIpc) is 2.14. The minimum atomic E-state index is 0.757. The highest BCUT2D eigenvalue weighted by atomic mass is 79.9. The van der Waals surface area contributed by atoms with Crippen molar-refractivity contribution in [1.29, 1.82) is 0 Å². The van der Waals surface area contributed by atoms with Crippen molar-refractivity contribution in [2.45, 2.75) is 12.8 Å². The first kappa shape index (κ1) is 11.5. The van der Waals surface area contributed by atoms with Crippen LogP contribution in [0.1, 0.15) is 12.0 Å². The fourth-order valence-electron chi connectivity index (χ4n) is 1.37. The zero-order chi connectivity index (χ0) is 10.6. The van der Waals surface area contributed by atoms with Crippen LogP contribution in [0.2, 0.25) is 0 Å². The summed E-state index contributed by atoms with van der Waals surface area (Å²) in [5, 5.41) is 0. The van der Waals surface area contributed by atoms with Crippen molar-refractivity contribution >= 4 is 21.6 Å². The molecule has 14 heavy (non-hydrogen) atoms. The molecule has 0 unspecified atom stereocenters. The Morgan fingerprint density at radius 2 is 2.07 bits per heavy atom. The molecule has 0 radical (unpaired) electrons. The molecule has 0 aliphatic rings. The average molecular weight is 257 g/mol. The number of benzene rings is 1. The molecule has 0 aromatic heterocycles. The number of nitrogens with two attached hydrogens (primary N) is 1. The van der Waals surface area contributed by atoms with Gasteiger partial charge < -0.3 is 10.6 Å². The highest BCUT2D eigenvalue weighted by molar-refractivity contribution is 9.10. The molecule has 0 spiro atoms. The highest BCUT2D eigenvalue weighted by Crippen LogP contribution is 2.26. The number of halogens is 1. The maximum Gasteiger partial charge on any atom is 0.0505 e. The van der Waals surface area contributed by atoms with E-state index in [-0.39, 0.29) is 0 Å². The van der Waals surface area contributed by atoms with Gasteiger partial charge in [0.25, 0.3) is 0 Å². The van der Waals surface area contributed by atoms with Crippen molar-refractivity contribution in [2.24, 2.45) is 5.73 Å². The maximum atomic E-state index is 5.47. The number of anilines is 1. The Labute approximate surface area is 94.2 Å². The molecule has 3 heteroatoms. The van der Waals surface area contributed by atoms with Crippen LogP contribution in [0.5, 0.6) is 0 Å². The number of hydrogen-bond acceptors (Lipinski definition) is 2. The summed E-state index contributed by atoms with van der Waals surface area (Å²) in [5.74, 6) is 0. The van der Waals surface area contributed by atoms with Crippen LogP contribution in [0.15, 0.2) is 22.7 Å². The van der Waals surface area contributed by atoms with Crippen LogP contribution in [0.4, 0.5) is 5.69 Å². The molecule has 2 nitrogen and oxygen atoms in total. The molecular formula is C11H17BrN2. The Hall–Kier alpha value is -0.540. The summed E-state index contributed by atoms with van der Waals surface area (Å²) < 4.78 is 1.15. The van der Waals surface area contributed by atoms with Crippen LogP contribution in [0.25, 0.3) is 0 Å². The van der Waals surface area contributed by atoms with Crippen LogP contribution in [-0.2, 0) is 6.42 Å². The summed E-state index contributed by atoms with van der Waals surface area (Å²) >= 11 is 3.57. The lowest BCUT2D eigenvalue weighted by atomic mass is 10.1. The normalized spacial score (nSPS) is 10.3. The minimum absolute atomic E-state index is 0.757. The molecule has 0 amide bonds. The molecule has 1 aromatic carbocycles. The van der Waals surface area contributed by atoms with E-state index in [1.54, 1.807) is 0 Å². The van der Waals surface area contributed by atoms with Crippen molar-refractivity contribution in [3.8, 4) is 0 Å². The molecule has 0 saturated heterocycles. The Morgan fingerprint density at radius 1 is 1.36 bits per heavy atom. The monoisotopic (exact) mass is 256 g/mol. The molecule has 0 bridgehead atoms. The second-order valence-corrected chi connectivity index (χ2v) is 4.43. The number of nitrogens with zero attached hydrogens (tertiary/aromatic N) is 1. The van der Waals surface area contributed by atoms with Crippen molar-refractivity contribution < 1.29 is 0 Å². The van der Waals surface area contributed by atoms with E-state index in [4.69, 9.17) is 5.73 Å². The largest absolute Gasteiger partial charge is 0.377 e. The Morgan fingerprint density at radius 3 is 2.57 bits per heavy atom. The molecule has 0 aliphatic carbocycles. The lowest BCUT2D eigenvalue weighted by molar-refractivity contribution is 0.832. The Bertz CT molecular complexity index is 297. The first-order valence-corrected chi connectivity index (χ1v) is 5.60. The number of hydrogen-bond donors (Lipinski definition) is 1. The van der Waals surface area contributed by atoms with Crippen LogP contribution < -0.4 is 10.6 Å². The predicted molar refractivity (Wildman–Crippen MR) is 65.8 cm³/mol. The fourth-order valence-corrected chi connectivity index (χ4v) is 2.16. The third-order valence-electron chi connectivity index (χ3n) is 2.16. The van der Waals surface area contributed by atoms with Crippen LogP contribution in [0.3, 0.4) is 0 Å². The van der Waals surface area contributed by atoms with Crippen LogP contribution >= 0.6 is 15.9 Å². The topological polar surface area (TPSA) is 29.3 Å². The van der Waals surface area contributed by atoms with Gasteiger partial charge in [0, 0.05) is 18.6 Å². The van der Waals surface area contributed by atoms with E-state index in [0.29, 0.717) is 0 Å². The van der Waals surface area contributed by atoms with Crippen molar-refractivity contribution in [2.75, 3.05) is 25.5 Å². The number of aryl methyl sites for hydroxylation is 1.